The number of halogens is 1. The lowest BCUT2D eigenvalue weighted by Gasteiger charge is -2.11. The Morgan fingerprint density at radius 2 is 1.73 bits per heavy atom. The Hall–Kier alpha value is -0.870. The van der Waals surface area contributed by atoms with Crippen molar-refractivity contribution in [3.63, 3.8) is 0 Å². The van der Waals surface area contributed by atoms with Crippen molar-refractivity contribution in [1.82, 2.24) is 10.6 Å². The van der Waals surface area contributed by atoms with Crippen LogP contribution >= 0.6 is 24.0 Å². The number of sulfone groups is 1. The molecule has 2 N–H and O–H groups in total. The van der Waals surface area contributed by atoms with Crippen LogP contribution in [0.3, 0.4) is 0 Å². The smallest absolute Gasteiger partial charge is 0.191 e. The van der Waals surface area contributed by atoms with Gasteiger partial charge in [-0.25, -0.2) is 13.4 Å². The van der Waals surface area contributed by atoms with E-state index in [2.05, 4.69) is 22.5 Å². The first-order valence-electron chi connectivity index (χ1n) is 8.86. The Bertz CT molecular complexity index is 619. The summed E-state index contributed by atoms with van der Waals surface area (Å²) in [4.78, 5) is 4.85. The molecule has 0 aliphatic carbocycles. The molecule has 1 rings (SSSR count). The van der Waals surface area contributed by atoms with Gasteiger partial charge in [-0.1, -0.05) is 25.5 Å². The number of ether oxygens (including phenoxy) is 1. The molecule has 6 nitrogen and oxygen atoms in total. The summed E-state index contributed by atoms with van der Waals surface area (Å²) in [5, 5.41) is 6.48. The maximum atomic E-state index is 11.5. The van der Waals surface area contributed by atoms with Crippen molar-refractivity contribution >= 4 is 39.8 Å². The first-order valence-corrected chi connectivity index (χ1v) is 10.8. The Balaban J connectivity index is 0.00000625. The van der Waals surface area contributed by atoms with Crippen molar-refractivity contribution in [2.75, 3.05) is 32.6 Å². The number of hydrogen-bond donors (Lipinski definition) is 2. The molecule has 0 radical (unpaired) electrons. The van der Waals surface area contributed by atoms with Crippen LogP contribution in [0.5, 0.6) is 0 Å². The number of nitrogens with one attached hydrogen (secondary N) is 2. The third kappa shape index (κ3) is 11.0. The molecule has 26 heavy (non-hydrogen) atoms. The zero-order valence-electron chi connectivity index (χ0n) is 16.0. The topological polar surface area (TPSA) is 79.8 Å². The highest BCUT2D eigenvalue weighted by Gasteiger charge is 2.06. The largest absolute Gasteiger partial charge is 0.381 e. The van der Waals surface area contributed by atoms with Gasteiger partial charge in [0.15, 0.2) is 15.8 Å². The lowest BCUT2D eigenvalue weighted by atomic mass is 10.2. The Labute approximate surface area is 175 Å². The molecule has 1 aromatic carbocycles. The van der Waals surface area contributed by atoms with E-state index in [0.717, 1.165) is 57.1 Å². The summed E-state index contributed by atoms with van der Waals surface area (Å²) in [6, 6.07) is 6.83. The van der Waals surface area contributed by atoms with E-state index in [0.29, 0.717) is 11.4 Å². The number of benzene rings is 1. The summed E-state index contributed by atoms with van der Waals surface area (Å²) in [6.07, 6.45) is 4.40. The summed E-state index contributed by atoms with van der Waals surface area (Å²) in [7, 11) is -3.16. The lowest BCUT2D eigenvalue weighted by Crippen LogP contribution is -2.38. The number of rotatable bonds is 11. The molecule has 0 amide bonds. The quantitative estimate of drug-likeness (QED) is 0.213. The molecule has 0 saturated carbocycles. The summed E-state index contributed by atoms with van der Waals surface area (Å²) in [6.45, 7) is 7.82. The van der Waals surface area contributed by atoms with Crippen molar-refractivity contribution in [2.24, 2.45) is 4.99 Å². The number of unbranched alkanes of at least 4 members (excludes halogenated alkanes) is 1. The number of nitrogens with zero attached hydrogens (tertiary/aromatic N) is 1. The average molecular weight is 497 g/mol. The molecule has 0 fully saturated rings. The number of guanidine groups is 1. The normalized spacial score (nSPS) is 11.7. The van der Waals surface area contributed by atoms with Gasteiger partial charge >= 0.3 is 0 Å². The molecule has 150 valence electrons. The van der Waals surface area contributed by atoms with Crippen molar-refractivity contribution in [3.05, 3.63) is 29.8 Å². The summed E-state index contributed by atoms with van der Waals surface area (Å²) in [5.74, 6) is 0.753. The van der Waals surface area contributed by atoms with Gasteiger partial charge in [0.25, 0.3) is 0 Å². The zero-order valence-corrected chi connectivity index (χ0v) is 19.1. The minimum atomic E-state index is -3.16. The van der Waals surface area contributed by atoms with Crippen LogP contribution < -0.4 is 10.6 Å². The van der Waals surface area contributed by atoms with Crippen LogP contribution in [0.15, 0.2) is 34.2 Å². The highest BCUT2D eigenvalue weighted by Crippen LogP contribution is 2.10. The molecule has 0 unspecified atom stereocenters. The first kappa shape index (κ1) is 25.1. The molecular formula is C18H32IN3O3S. The second-order valence-corrected chi connectivity index (χ2v) is 7.87. The summed E-state index contributed by atoms with van der Waals surface area (Å²) in [5.41, 5.74) is 0.965. The first-order chi connectivity index (χ1) is 12.0. The predicted molar refractivity (Wildman–Crippen MR) is 118 cm³/mol. The van der Waals surface area contributed by atoms with Gasteiger partial charge in [0.05, 0.1) is 11.4 Å². The van der Waals surface area contributed by atoms with Crippen molar-refractivity contribution in [2.45, 2.75) is 44.6 Å². The second kappa shape index (κ2) is 14.2. The minimum absolute atomic E-state index is 0. The third-order valence-corrected chi connectivity index (χ3v) is 4.64. The van der Waals surface area contributed by atoms with Gasteiger partial charge in [0, 0.05) is 32.6 Å². The molecule has 0 heterocycles. The van der Waals surface area contributed by atoms with Crippen molar-refractivity contribution in [3.8, 4) is 0 Å². The summed E-state index contributed by atoms with van der Waals surface area (Å²) >= 11 is 0. The number of aliphatic imine (C=N–C) groups is 1. The summed E-state index contributed by atoms with van der Waals surface area (Å²) < 4.78 is 28.5. The zero-order chi connectivity index (χ0) is 18.5. The van der Waals surface area contributed by atoms with E-state index < -0.39 is 9.84 Å². The highest BCUT2D eigenvalue weighted by atomic mass is 127. The highest BCUT2D eigenvalue weighted by molar-refractivity contribution is 14.0. The van der Waals surface area contributed by atoms with Gasteiger partial charge in [-0.2, -0.15) is 0 Å². The molecule has 1 aromatic rings. The van der Waals surface area contributed by atoms with Crippen LogP contribution in [0.4, 0.5) is 0 Å². The fraction of sp³-hybridized carbons (Fsp3) is 0.611. The third-order valence-electron chi connectivity index (χ3n) is 3.52. The van der Waals surface area contributed by atoms with Crippen molar-refractivity contribution < 1.29 is 13.2 Å². The molecule has 0 spiro atoms. The van der Waals surface area contributed by atoms with Gasteiger partial charge < -0.3 is 15.4 Å². The van der Waals surface area contributed by atoms with Gasteiger partial charge in [0.2, 0.25) is 0 Å². The maximum Gasteiger partial charge on any atom is 0.191 e. The van der Waals surface area contributed by atoms with Crippen LogP contribution in [0, 0.1) is 0 Å². The molecule has 0 bridgehead atoms. The fourth-order valence-electron chi connectivity index (χ4n) is 2.08. The molecule has 0 aliphatic rings. The van der Waals surface area contributed by atoms with E-state index in [-0.39, 0.29) is 24.0 Å². The van der Waals surface area contributed by atoms with Gasteiger partial charge in [0.1, 0.15) is 0 Å². The predicted octanol–water partition coefficient (Wildman–Crippen LogP) is 2.97. The Kier molecular flexibility index (Phi) is 13.7. The van der Waals surface area contributed by atoms with Crippen LogP contribution in [-0.2, 0) is 21.1 Å². The molecule has 8 heteroatoms. The van der Waals surface area contributed by atoms with Gasteiger partial charge in [-0.3, -0.25) is 0 Å². The van der Waals surface area contributed by atoms with E-state index in [1.807, 2.05) is 6.92 Å². The molecule has 0 atom stereocenters. The fourth-order valence-corrected chi connectivity index (χ4v) is 2.71. The van der Waals surface area contributed by atoms with E-state index >= 15 is 0 Å². The van der Waals surface area contributed by atoms with E-state index in [1.165, 1.54) is 6.26 Å². The SMILES string of the molecule is CCCCOCCCNC(=NCc1ccc(S(C)(=O)=O)cc1)NCC.I. The van der Waals surface area contributed by atoms with Crippen LogP contribution in [0.25, 0.3) is 0 Å². The Morgan fingerprint density at radius 1 is 1.08 bits per heavy atom. The number of hydrogen-bond acceptors (Lipinski definition) is 4. The molecular weight excluding hydrogens is 465 g/mol. The van der Waals surface area contributed by atoms with E-state index in [4.69, 9.17) is 4.74 Å². The standard InChI is InChI=1S/C18H31N3O3S.HI/c1-4-6-13-24-14-7-12-20-18(19-5-2)21-15-16-8-10-17(11-9-16)25(3,22)23;/h8-11H,4-7,12-15H2,1-3H3,(H2,19,20,21);1H. The minimum Gasteiger partial charge on any atom is -0.381 e. The monoisotopic (exact) mass is 497 g/mol. The Morgan fingerprint density at radius 3 is 2.31 bits per heavy atom. The van der Waals surface area contributed by atoms with Crippen molar-refractivity contribution in [1.29, 1.82) is 0 Å². The van der Waals surface area contributed by atoms with Gasteiger partial charge in [-0.15, -0.1) is 24.0 Å². The van der Waals surface area contributed by atoms with E-state index in [1.54, 1.807) is 24.3 Å². The second-order valence-electron chi connectivity index (χ2n) is 5.86. The average Bonchev–Trinajstić information content (AvgIpc) is 2.58. The molecule has 0 aromatic heterocycles. The lowest BCUT2D eigenvalue weighted by molar-refractivity contribution is 0.129. The van der Waals surface area contributed by atoms with Crippen LogP contribution in [-0.4, -0.2) is 46.9 Å². The maximum absolute atomic E-state index is 11.5. The van der Waals surface area contributed by atoms with Crippen LogP contribution in [0.2, 0.25) is 0 Å². The molecule has 0 aliphatic heterocycles. The van der Waals surface area contributed by atoms with Gasteiger partial charge in [-0.05, 0) is 37.5 Å². The van der Waals surface area contributed by atoms with Crippen LogP contribution in [0.1, 0.15) is 38.7 Å². The molecule has 0 saturated heterocycles. The van der Waals surface area contributed by atoms with E-state index in [9.17, 15) is 8.42 Å².